The van der Waals surface area contributed by atoms with Crippen LogP contribution in [0, 0.1) is 0 Å². The third-order valence-corrected chi connectivity index (χ3v) is 2.66. The fourth-order valence-corrected chi connectivity index (χ4v) is 1.52. The summed E-state index contributed by atoms with van der Waals surface area (Å²) in [7, 11) is 0. The van der Waals surface area contributed by atoms with Crippen LogP contribution in [-0.4, -0.2) is 10.3 Å². The molecule has 0 aliphatic heterocycles. The summed E-state index contributed by atoms with van der Waals surface area (Å²) < 4.78 is 5.23. The van der Waals surface area contributed by atoms with Crippen LogP contribution in [0.25, 0.3) is 12.2 Å². The van der Waals surface area contributed by atoms with Gasteiger partial charge in [0.1, 0.15) is 5.75 Å². The zero-order valence-electron chi connectivity index (χ0n) is 10.8. The fraction of sp³-hybridized carbons (Fsp3) is 0.267. The van der Waals surface area contributed by atoms with Crippen molar-refractivity contribution in [1.29, 1.82) is 0 Å². The number of phenolic OH excluding ortho intramolecular Hbond substituents is 1. The molecule has 1 N–H and O–H groups in total. The summed E-state index contributed by atoms with van der Waals surface area (Å²) in [6.45, 7) is 6.25. The molecule has 0 aliphatic rings. The molecule has 3 nitrogen and oxygen atoms in total. The highest BCUT2D eigenvalue weighted by Crippen LogP contribution is 2.23. The monoisotopic (exact) mass is 243 g/mol. The number of benzene rings is 1. The van der Waals surface area contributed by atoms with Gasteiger partial charge in [0.05, 0.1) is 5.69 Å². The average Bonchev–Trinajstić information content (AvgIpc) is 2.76. The molecule has 2 rings (SSSR count). The Morgan fingerprint density at radius 2 is 1.89 bits per heavy atom. The highest BCUT2D eigenvalue weighted by molar-refractivity contribution is 5.70. The van der Waals surface area contributed by atoms with Crippen LogP contribution in [0.5, 0.6) is 5.75 Å². The van der Waals surface area contributed by atoms with Gasteiger partial charge in [0.2, 0.25) is 0 Å². The number of hydrogen-bond donors (Lipinski definition) is 1. The molecule has 0 amide bonds. The van der Waals surface area contributed by atoms with Gasteiger partial charge in [-0.15, -0.1) is 0 Å². The molecule has 0 aliphatic carbocycles. The molecular formula is C15H17NO2. The molecule has 3 heteroatoms. The largest absolute Gasteiger partial charge is 0.507 e. The topological polar surface area (TPSA) is 46.3 Å². The van der Waals surface area contributed by atoms with Crippen molar-refractivity contribution in [2.45, 2.75) is 26.2 Å². The van der Waals surface area contributed by atoms with E-state index in [0.717, 1.165) is 11.3 Å². The number of hydrogen-bond acceptors (Lipinski definition) is 3. The lowest BCUT2D eigenvalue weighted by atomic mass is 9.92. The summed E-state index contributed by atoms with van der Waals surface area (Å²) in [6.07, 6.45) is 3.61. The first-order valence-electron chi connectivity index (χ1n) is 5.90. The van der Waals surface area contributed by atoms with E-state index in [1.807, 2.05) is 24.3 Å². The Morgan fingerprint density at radius 1 is 1.17 bits per heavy atom. The van der Waals surface area contributed by atoms with Crippen molar-refractivity contribution in [3.8, 4) is 5.75 Å². The standard InChI is InChI=1S/C15H17NO2/c1-15(2,3)14-10-12(18-16-14)9-8-11-6-4-5-7-13(11)17/h4-10,17H,1-3H3/b9-8+. The van der Waals surface area contributed by atoms with Crippen molar-refractivity contribution in [3.63, 3.8) is 0 Å². The number of aromatic hydroxyl groups is 1. The normalized spacial score (nSPS) is 12.2. The summed E-state index contributed by atoms with van der Waals surface area (Å²) in [5.74, 6) is 0.937. The van der Waals surface area contributed by atoms with Gasteiger partial charge in [0, 0.05) is 17.0 Å². The van der Waals surface area contributed by atoms with Crippen LogP contribution in [0.15, 0.2) is 34.9 Å². The Labute approximate surface area is 107 Å². The summed E-state index contributed by atoms with van der Waals surface area (Å²) in [6, 6.07) is 9.07. The SMILES string of the molecule is CC(C)(C)c1cc(/C=C/c2ccccc2O)on1. The van der Waals surface area contributed by atoms with E-state index in [4.69, 9.17) is 4.52 Å². The summed E-state index contributed by atoms with van der Waals surface area (Å²) in [5.41, 5.74) is 1.65. The fourth-order valence-electron chi connectivity index (χ4n) is 1.52. The van der Waals surface area contributed by atoms with Gasteiger partial charge in [0.15, 0.2) is 5.76 Å². The zero-order valence-corrected chi connectivity index (χ0v) is 10.8. The average molecular weight is 243 g/mol. The number of nitrogens with zero attached hydrogens (tertiary/aromatic N) is 1. The van der Waals surface area contributed by atoms with Gasteiger partial charge in [-0.1, -0.05) is 44.1 Å². The Hall–Kier alpha value is -2.03. The van der Waals surface area contributed by atoms with Gasteiger partial charge in [-0.3, -0.25) is 0 Å². The minimum Gasteiger partial charge on any atom is -0.507 e. The van der Waals surface area contributed by atoms with Gasteiger partial charge in [0.25, 0.3) is 0 Å². The Balaban J connectivity index is 2.20. The predicted molar refractivity (Wildman–Crippen MR) is 72.2 cm³/mol. The van der Waals surface area contributed by atoms with Crippen LogP contribution in [0.3, 0.4) is 0 Å². The maximum atomic E-state index is 9.63. The van der Waals surface area contributed by atoms with Crippen LogP contribution >= 0.6 is 0 Å². The van der Waals surface area contributed by atoms with E-state index < -0.39 is 0 Å². The number of phenols is 1. The molecule has 0 unspecified atom stereocenters. The molecule has 1 aromatic heterocycles. The van der Waals surface area contributed by atoms with Crippen LogP contribution in [0.2, 0.25) is 0 Å². The quantitative estimate of drug-likeness (QED) is 0.871. The minimum atomic E-state index is -0.0233. The maximum absolute atomic E-state index is 9.63. The molecule has 94 valence electrons. The van der Waals surface area contributed by atoms with Crippen molar-refractivity contribution in [2.75, 3.05) is 0 Å². The van der Waals surface area contributed by atoms with E-state index in [1.54, 1.807) is 18.2 Å². The molecule has 1 aromatic carbocycles. The number of aromatic nitrogens is 1. The van der Waals surface area contributed by atoms with Crippen LogP contribution in [0.4, 0.5) is 0 Å². The maximum Gasteiger partial charge on any atom is 0.159 e. The highest BCUT2D eigenvalue weighted by Gasteiger charge is 2.18. The Morgan fingerprint density at radius 3 is 2.50 bits per heavy atom. The Bertz CT molecular complexity index is 562. The summed E-state index contributed by atoms with van der Waals surface area (Å²) >= 11 is 0. The van der Waals surface area contributed by atoms with E-state index in [0.29, 0.717) is 5.76 Å². The van der Waals surface area contributed by atoms with E-state index in [2.05, 4.69) is 25.9 Å². The molecule has 1 heterocycles. The number of para-hydroxylation sites is 1. The van der Waals surface area contributed by atoms with Crippen molar-refractivity contribution >= 4 is 12.2 Å². The van der Waals surface area contributed by atoms with E-state index >= 15 is 0 Å². The summed E-state index contributed by atoms with van der Waals surface area (Å²) in [4.78, 5) is 0. The second-order valence-electron chi connectivity index (χ2n) is 5.26. The lowest BCUT2D eigenvalue weighted by Crippen LogP contribution is -2.10. The van der Waals surface area contributed by atoms with Gasteiger partial charge in [-0.25, -0.2) is 0 Å². The predicted octanol–water partition coefficient (Wildman–Crippen LogP) is 3.85. The molecule has 0 radical (unpaired) electrons. The first-order valence-corrected chi connectivity index (χ1v) is 5.90. The van der Waals surface area contributed by atoms with Crippen molar-refractivity contribution in [1.82, 2.24) is 5.16 Å². The highest BCUT2D eigenvalue weighted by atomic mass is 16.5. The first-order chi connectivity index (χ1) is 8.47. The second kappa shape index (κ2) is 4.69. The van der Waals surface area contributed by atoms with Crippen LogP contribution < -0.4 is 0 Å². The lowest BCUT2D eigenvalue weighted by molar-refractivity contribution is 0.387. The molecule has 18 heavy (non-hydrogen) atoms. The van der Waals surface area contributed by atoms with Crippen molar-refractivity contribution in [3.05, 3.63) is 47.3 Å². The van der Waals surface area contributed by atoms with Gasteiger partial charge in [-0.2, -0.15) is 0 Å². The van der Waals surface area contributed by atoms with E-state index in [1.165, 1.54) is 0 Å². The molecule has 0 fully saturated rings. The molecule has 0 saturated heterocycles. The third kappa shape index (κ3) is 2.80. The lowest BCUT2D eigenvalue weighted by Gasteiger charge is -2.12. The van der Waals surface area contributed by atoms with Gasteiger partial charge in [-0.05, 0) is 18.2 Å². The molecular weight excluding hydrogens is 226 g/mol. The third-order valence-electron chi connectivity index (χ3n) is 2.66. The number of rotatable bonds is 2. The minimum absolute atomic E-state index is 0.0233. The zero-order chi connectivity index (χ0) is 13.2. The molecule has 2 aromatic rings. The van der Waals surface area contributed by atoms with Crippen molar-refractivity contribution in [2.24, 2.45) is 0 Å². The van der Waals surface area contributed by atoms with Gasteiger partial charge >= 0.3 is 0 Å². The van der Waals surface area contributed by atoms with E-state index in [9.17, 15) is 5.11 Å². The van der Waals surface area contributed by atoms with Crippen LogP contribution in [0.1, 0.15) is 37.8 Å². The molecule has 0 bridgehead atoms. The molecule has 0 spiro atoms. The Kier molecular flexibility index (Phi) is 3.24. The van der Waals surface area contributed by atoms with Crippen LogP contribution in [-0.2, 0) is 5.41 Å². The van der Waals surface area contributed by atoms with Crippen molar-refractivity contribution < 1.29 is 9.63 Å². The molecule has 0 atom stereocenters. The molecule has 0 saturated carbocycles. The first kappa shape index (κ1) is 12.4. The smallest absolute Gasteiger partial charge is 0.159 e. The summed E-state index contributed by atoms with van der Waals surface area (Å²) in [5, 5.41) is 13.7. The second-order valence-corrected chi connectivity index (χ2v) is 5.26. The van der Waals surface area contributed by atoms with E-state index in [-0.39, 0.29) is 11.2 Å². The van der Waals surface area contributed by atoms with Gasteiger partial charge < -0.3 is 9.63 Å².